The number of ether oxygens (including phenoxy) is 2. The molecule has 1 amide bonds. The van der Waals surface area contributed by atoms with Crippen molar-refractivity contribution in [1.29, 1.82) is 0 Å². The third kappa shape index (κ3) is 5.36. The topological polar surface area (TPSA) is 42.0 Å². The molecule has 148 valence electrons. The van der Waals surface area contributed by atoms with Crippen molar-refractivity contribution in [3.63, 3.8) is 0 Å². The Kier molecular flexibility index (Phi) is 7.09. The van der Waals surface area contributed by atoms with Gasteiger partial charge in [0.15, 0.2) is 17.6 Å². The molecule has 0 radical (unpaired) electrons. The Morgan fingerprint density at radius 3 is 2.32 bits per heavy atom. The fraction of sp³-hybridized carbons (Fsp3) is 0.348. The van der Waals surface area contributed by atoms with E-state index in [1.165, 1.54) is 5.56 Å². The molecule has 5 heteroatoms. The van der Waals surface area contributed by atoms with Crippen LogP contribution in [-0.2, 0) is 4.79 Å². The first-order valence-electron chi connectivity index (χ1n) is 9.70. The van der Waals surface area contributed by atoms with Gasteiger partial charge in [-0.05, 0) is 24.6 Å². The summed E-state index contributed by atoms with van der Waals surface area (Å²) in [5.41, 5.74) is 1.21. The van der Waals surface area contributed by atoms with Crippen LogP contribution in [0.1, 0.15) is 12.5 Å². The van der Waals surface area contributed by atoms with E-state index in [1.807, 2.05) is 47.4 Å². The zero-order valence-electron chi connectivity index (χ0n) is 16.6. The second kappa shape index (κ2) is 9.95. The predicted octanol–water partition coefficient (Wildman–Crippen LogP) is 3.32. The third-order valence-corrected chi connectivity index (χ3v) is 4.88. The number of hydrogen-bond acceptors (Lipinski definition) is 4. The first-order valence-corrected chi connectivity index (χ1v) is 9.70. The van der Waals surface area contributed by atoms with Crippen molar-refractivity contribution in [2.75, 3.05) is 39.8 Å². The highest BCUT2D eigenvalue weighted by Gasteiger charge is 2.26. The van der Waals surface area contributed by atoms with E-state index in [9.17, 15) is 4.79 Å². The molecular weight excluding hydrogens is 352 g/mol. The summed E-state index contributed by atoms with van der Waals surface area (Å²) in [6, 6.07) is 17.7. The molecule has 2 aromatic rings. The van der Waals surface area contributed by atoms with E-state index >= 15 is 0 Å². The number of nitrogens with zero attached hydrogens (tertiary/aromatic N) is 2. The second-order valence-corrected chi connectivity index (χ2v) is 6.85. The smallest absolute Gasteiger partial charge is 0.263 e. The zero-order valence-corrected chi connectivity index (χ0v) is 16.6. The quantitative estimate of drug-likeness (QED) is 0.739. The molecule has 28 heavy (non-hydrogen) atoms. The monoisotopic (exact) mass is 380 g/mol. The highest BCUT2D eigenvalue weighted by atomic mass is 16.5. The highest BCUT2D eigenvalue weighted by molar-refractivity contribution is 5.81. The number of piperazine rings is 1. The Balaban J connectivity index is 1.46. The molecule has 0 unspecified atom stereocenters. The molecule has 0 aliphatic carbocycles. The van der Waals surface area contributed by atoms with Crippen LogP contribution < -0.4 is 9.47 Å². The molecular formula is C23H28N2O3. The van der Waals surface area contributed by atoms with Crippen LogP contribution in [-0.4, -0.2) is 61.6 Å². The van der Waals surface area contributed by atoms with E-state index in [-0.39, 0.29) is 5.91 Å². The summed E-state index contributed by atoms with van der Waals surface area (Å²) >= 11 is 0. The molecule has 3 rings (SSSR count). The van der Waals surface area contributed by atoms with Crippen LogP contribution in [0.3, 0.4) is 0 Å². The summed E-state index contributed by atoms with van der Waals surface area (Å²) in [6.07, 6.45) is 3.78. The van der Waals surface area contributed by atoms with Gasteiger partial charge in [0.1, 0.15) is 0 Å². The molecule has 1 saturated heterocycles. The molecule has 0 bridgehead atoms. The Morgan fingerprint density at radius 2 is 1.64 bits per heavy atom. The van der Waals surface area contributed by atoms with Gasteiger partial charge in [0.2, 0.25) is 0 Å². The maximum absolute atomic E-state index is 12.7. The van der Waals surface area contributed by atoms with Crippen molar-refractivity contribution in [3.05, 3.63) is 66.2 Å². The van der Waals surface area contributed by atoms with Crippen LogP contribution >= 0.6 is 0 Å². The van der Waals surface area contributed by atoms with Crippen LogP contribution in [0.25, 0.3) is 6.08 Å². The van der Waals surface area contributed by atoms with E-state index in [0.717, 1.165) is 32.7 Å². The molecule has 5 nitrogen and oxygen atoms in total. The lowest BCUT2D eigenvalue weighted by Crippen LogP contribution is -2.51. The van der Waals surface area contributed by atoms with Gasteiger partial charge in [0.25, 0.3) is 5.91 Å². The second-order valence-electron chi connectivity index (χ2n) is 6.85. The fourth-order valence-electron chi connectivity index (χ4n) is 3.27. The van der Waals surface area contributed by atoms with Gasteiger partial charge in [-0.3, -0.25) is 9.69 Å². The average Bonchev–Trinajstić information content (AvgIpc) is 2.75. The van der Waals surface area contributed by atoms with Gasteiger partial charge >= 0.3 is 0 Å². The Morgan fingerprint density at radius 1 is 1.00 bits per heavy atom. The molecule has 1 atom stereocenters. The Bertz CT molecular complexity index is 783. The number of carbonyl (C=O) groups is 1. The van der Waals surface area contributed by atoms with Crippen LogP contribution in [0, 0.1) is 0 Å². The van der Waals surface area contributed by atoms with Crippen molar-refractivity contribution < 1.29 is 14.3 Å². The zero-order chi connectivity index (χ0) is 19.8. The first-order chi connectivity index (χ1) is 13.7. The number of benzene rings is 2. The van der Waals surface area contributed by atoms with E-state index in [0.29, 0.717) is 11.5 Å². The van der Waals surface area contributed by atoms with Gasteiger partial charge < -0.3 is 14.4 Å². The van der Waals surface area contributed by atoms with E-state index in [1.54, 1.807) is 14.0 Å². The van der Waals surface area contributed by atoms with Crippen LogP contribution in [0.2, 0.25) is 0 Å². The van der Waals surface area contributed by atoms with Crippen LogP contribution in [0.4, 0.5) is 0 Å². The molecule has 1 aliphatic rings. The standard InChI is InChI=1S/C23H28N2O3/c1-19(28-22-13-7-6-12-21(22)27-2)23(26)25-17-15-24(16-18-25)14-8-11-20-9-4-3-5-10-20/h3-13,19H,14-18H2,1-2H3/b11-8+/t19-/m0/s1. The highest BCUT2D eigenvalue weighted by Crippen LogP contribution is 2.27. The van der Waals surface area contributed by atoms with Gasteiger partial charge in [0.05, 0.1) is 7.11 Å². The molecule has 0 spiro atoms. The molecule has 1 aliphatic heterocycles. The molecule has 0 N–H and O–H groups in total. The minimum absolute atomic E-state index is 0.0189. The molecule has 2 aromatic carbocycles. The molecule has 1 fully saturated rings. The van der Waals surface area contributed by atoms with Crippen LogP contribution in [0.15, 0.2) is 60.7 Å². The van der Waals surface area contributed by atoms with Gasteiger partial charge in [0, 0.05) is 32.7 Å². The fourth-order valence-corrected chi connectivity index (χ4v) is 3.27. The summed E-state index contributed by atoms with van der Waals surface area (Å²) in [7, 11) is 1.60. The summed E-state index contributed by atoms with van der Waals surface area (Å²) in [5.74, 6) is 1.25. The average molecular weight is 380 g/mol. The molecule has 0 aromatic heterocycles. The minimum Gasteiger partial charge on any atom is -0.493 e. The number of rotatable bonds is 7. The summed E-state index contributed by atoms with van der Waals surface area (Å²) < 4.78 is 11.1. The molecule has 1 heterocycles. The summed E-state index contributed by atoms with van der Waals surface area (Å²) in [4.78, 5) is 17.0. The maximum atomic E-state index is 12.7. The van der Waals surface area contributed by atoms with Crippen LogP contribution in [0.5, 0.6) is 11.5 Å². The summed E-state index contributed by atoms with van der Waals surface area (Å²) in [5, 5.41) is 0. The van der Waals surface area contributed by atoms with Crippen molar-refractivity contribution in [3.8, 4) is 11.5 Å². The Hall–Kier alpha value is -2.79. The van der Waals surface area contributed by atoms with Gasteiger partial charge in [-0.25, -0.2) is 0 Å². The number of methoxy groups -OCH3 is 1. The van der Waals surface area contributed by atoms with Crippen molar-refractivity contribution in [2.24, 2.45) is 0 Å². The maximum Gasteiger partial charge on any atom is 0.263 e. The predicted molar refractivity (Wildman–Crippen MR) is 112 cm³/mol. The van der Waals surface area contributed by atoms with E-state index < -0.39 is 6.10 Å². The summed E-state index contributed by atoms with van der Waals surface area (Å²) in [6.45, 7) is 5.86. The van der Waals surface area contributed by atoms with Crippen molar-refractivity contribution in [2.45, 2.75) is 13.0 Å². The van der Waals surface area contributed by atoms with Crippen molar-refractivity contribution in [1.82, 2.24) is 9.80 Å². The third-order valence-electron chi connectivity index (χ3n) is 4.88. The van der Waals surface area contributed by atoms with Gasteiger partial charge in [-0.1, -0.05) is 54.6 Å². The Labute approximate surface area is 167 Å². The van der Waals surface area contributed by atoms with Crippen molar-refractivity contribution >= 4 is 12.0 Å². The first kappa shape index (κ1) is 20.0. The normalized spacial score (nSPS) is 16.1. The van der Waals surface area contributed by atoms with E-state index in [2.05, 4.69) is 29.2 Å². The lowest BCUT2D eigenvalue weighted by Gasteiger charge is -2.35. The van der Waals surface area contributed by atoms with Gasteiger partial charge in [-0.15, -0.1) is 0 Å². The molecule has 0 saturated carbocycles. The number of amides is 1. The lowest BCUT2D eigenvalue weighted by molar-refractivity contribution is -0.139. The van der Waals surface area contributed by atoms with E-state index in [4.69, 9.17) is 9.47 Å². The number of hydrogen-bond donors (Lipinski definition) is 0. The SMILES string of the molecule is COc1ccccc1O[C@@H](C)C(=O)N1CCN(C/C=C/c2ccccc2)CC1. The van der Waals surface area contributed by atoms with Gasteiger partial charge in [-0.2, -0.15) is 0 Å². The number of carbonyl (C=O) groups excluding carboxylic acids is 1. The number of para-hydroxylation sites is 2. The lowest BCUT2D eigenvalue weighted by atomic mass is 10.2. The largest absolute Gasteiger partial charge is 0.493 e. The minimum atomic E-state index is -0.541.